The number of carbonyl (C=O) groups is 1. The van der Waals surface area contributed by atoms with Crippen LogP contribution < -0.4 is 11.1 Å². The van der Waals surface area contributed by atoms with Crippen molar-refractivity contribution in [2.24, 2.45) is 5.73 Å². The van der Waals surface area contributed by atoms with Crippen LogP contribution in [0.1, 0.15) is 13.3 Å². The first-order chi connectivity index (χ1) is 8.11. The summed E-state index contributed by atoms with van der Waals surface area (Å²) < 4.78 is 0.999. The number of anilines is 1. The van der Waals surface area contributed by atoms with Gasteiger partial charge in [0.2, 0.25) is 5.91 Å². The Morgan fingerprint density at radius 2 is 2.12 bits per heavy atom. The van der Waals surface area contributed by atoms with Crippen LogP contribution in [0, 0.1) is 0 Å². The smallest absolute Gasteiger partial charge is 0.234 e. The topological polar surface area (TPSA) is 55.1 Å². The van der Waals surface area contributed by atoms with Gasteiger partial charge in [0.25, 0.3) is 0 Å². The molecule has 1 unspecified atom stereocenters. The van der Waals surface area contributed by atoms with E-state index in [1.54, 1.807) is 11.8 Å². The maximum Gasteiger partial charge on any atom is 0.234 e. The molecule has 94 valence electrons. The number of nitrogens with two attached hydrogens (primary N) is 1. The molecule has 0 fully saturated rings. The number of hydrogen-bond acceptors (Lipinski definition) is 3. The molecule has 0 aliphatic carbocycles. The lowest BCUT2D eigenvalue weighted by atomic mass is 10.3. The molecule has 0 radical (unpaired) electrons. The molecule has 5 heteroatoms. The number of benzene rings is 1. The molecule has 0 spiro atoms. The molecule has 17 heavy (non-hydrogen) atoms. The minimum atomic E-state index is 0.0145. The Labute approximate surface area is 115 Å². The zero-order valence-corrected chi connectivity index (χ0v) is 12.2. The minimum Gasteiger partial charge on any atom is -0.327 e. The highest BCUT2D eigenvalue weighted by Gasteiger charge is 2.04. The second-order valence-corrected chi connectivity index (χ2v) is 5.68. The van der Waals surface area contributed by atoms with Crippen molar-refractivity contribution in [1.29, 1.82) is 0 Å². The molecule has 1 atom stereocenters. The van der Waals surface area contributed by atoms with E-state index in [0.717, 1.165) is 22.3 Å². The Bertz CT molecular complexity index is 356. The van der Waals surface area contributed by atoms with Crippen LogP contribution in [0.3, 0.4) is 0 Å². The molecular formula is C12H17BrN2OS. The van der Waals surface area contributed by atoms with Crippen LogP contribution in [0.25, 0.3) is 0 Å². The maximum absolute atomic E-state index is 11.6. The van der Waals surface area contributed by atoms with Gasteiger partial charge in [-0.25, -0.2) is 0 Å². The van der Waals surface area contributed by atoms with Crippen molar-refractivity contribution in [2.45, 2.75) is 19.4 Å². The van der Waals surface area contributed by atoms with E-state index in [0.29, 0.717) is 5.75 Å². The Morgan fingerprint density at radius 1 is 1.47 bits per heavy atom. The summed E-state index contributed by atoms with van der Waals surface area (Å²) in [5, 5.41) is 2.84. The van der Waals surface area contributed by atoms with Gasteiger partial charge < -0.3 is 11.1 Å². The molecule has 0 saturated carbocycles. The lowest BCUT2D eigenvalue weighted by molar-refractivity contribution is -0.113. The van der Waals surface area contributed by atoms with Crippen molar-refractivity contribution in [3.63, 3.8) is 0 Å². The standard InChI is InChI=1S/C12H17BrN2OS/c1-2-10(14)7-17-8-12(16)15-11-5-3-9(13)4-6-11/h3-6,10H,2,7-8,14H2,1H3,(H,15,16). The van der Waals surface area contributed by atoms with Crippen LogP contribution in [0.4, 0.5) is 5.69 Å². The van der Waals surface area contributed by atoms with Crippen molar-refractivity contribution < 1.29 is 4.79 Å². The van der Waals surface area contributed by atoms with E-state index in [4.69, 9.17) is 5.73 Å². The normalized spacial score (nSPS) is 12.2. The summed E-state index contributed by atoms with van der Waals surface area (Å²) in [6, 6.07) is 7.71. The Morgan fingerprint density at radius 3 is 2.71 bits per heavy atom. The van der Waals surface area contributed by atoms with Gasteiger partial charge in [-0.15, -0.1) is 0 Å². The second kappa shape index (κ2) is 7.74. The minimum absolute atomic E-state index is 0.0145. The molecule has 0 aliphatic rings. The Kier molecular flexibility index (Phi) is 6.62. The van der Waals surface area contributed by atoms with Gasteiger partial charge in [-0.2, -0.15) is 11.8 Å². The summed E-state index contributed by atoms with van der Waals surface area (Å²) in [6.45, 7) is 2.05. The highest BCUT2D eigenvalue weighted by atomic mass is 79.9. The molecule has 0 aliphatic heterocycles. The van der Waals surface area contributed by atoms with Gasteiger partial charge in [-0.1, -0.05) is 22.9 Å². The molecular weight excluding hydrogens is 300 g/mol. The van der Waals surface area contributed by atoms with Crippen molar-refractivity contribution in [1.82, 2.24) is 0 Å². The summed E-state index contributed by atoms with van der Waals surface area (Å²) in [6.07, 6.45) is 0.946. The number of halogens is 1. The Balaban J connectivity index is 2.27. The molecule has 3 N–H and O–H groups in total. The van der Waals surface area contributed by atoms with Crippen LogP contribution in [0.2, 0.25) is 0 Å². The van der Waals surface area contributed by atoms with Crippen LogP contribution >= 0.6 is 27.7 Å². The van der Waals surface area contributed by atoms with Gasteiger partial charge in [-0.3, -0.25) is 4.79 Å². The van der Waals surface area contributed by atoms with Crippen molar-refractivity contribution in [3.05, 3.63) is 28.7 Å². The van der Waals surface area contributed by atoms with Crippen LogP contribution in [-0.4, -0.2) is 23.5 Å². The van der Waals surface area contributed by atoms with E-state index in [9.17, 15) is 4.79 Å². The molecule has 0 saturated heterocycles. The van der Waals surface area contributed by atoms with Crippen LogP contribution in [-0.2, 0) is 4.79 Å². The number of nitrogens with one attached hydrogen (secondary N) is 1. The van der Waals surface area contributed by atoms with E-state index in [-0.39, 0.29) is 11.9 Å². The lowest BCUT2D eigenvalue weighted by Gasteiger charge is -2.08. The predicted octanol–water partition coefficient (Wildman–Crippen LogP) is 2.86. The second-order valence-electron chi connectivity index (χ2n) is 3.74. The average molecular weight is 317 g/mol. The van der Waals surface area contributed by atoms with Crippen molar-refractivity contribution in [2.75, 3.05) is 16.8 Å². The summed E-state index contributed by atoms with van der Waals surface area (Å²) >= 11 is 4.92. The number of hydrogen-bond donors (Lipinski definition) is 2. The number of thioether (sulfide) groups is 1. The van der Waals surface area contributed by atoms with Gasteiger partial charge in [0.1, 0.15) is 0 Å². The zero-order valence-electron chi connectivity index (χ0n) is 9.78. The Hall–Kier alpha value is -0.520. The summed E-state index contributed by atoms with van der Waals surface area (Å²) in [4.78, 5) is 11.6. The summed E-state index contributed by atoms with van der Waals surface area (Å²) in [5.74, 6) is 1.29. The molecule has 0 heterocycles. The first-order valence-electron chi connectivity index (χ1n) is 5.50. The van der Waals surface area contributed by atoms with Crippen LogP contribution in [0.15, 0.2) is 28.7 Å². The van der Waals surface area contributed by atoms with Gasteiger partial charge in [0, 0.05) is 22.0 Å². The fourth-order valence-electron chi connectivity index (χ4n) is 1.15. The van der Waals surface area contributed by atoms with Crippen molar-refractivity contribution in [3.8, 4) is 0 Å². The zero-order chi connectivity index (χ0) is 12.7. The molecule has 0 aromatic heterocycles. The van der Waals surface area contributed by atoms with Crippen LogP contribution in [0.5, 0.6) is 0 Å². The van der Waals surface area contributed by atoms with Gasteiger partial charge >= 0.3 is 0 Å². The lowest BCUT2D eigenvalue weighted by Crippen LogP contribution is -2.23. The maximum atomic E-state index is 11.6. The van der Waals surface area contributed by atoms with E-state index in [1.807, 2.05) is 31.2 Å². The third kappa shape index (κ3) is 6.10. The third-order valence-corrected chi connectivity index (χ3v) is 3.88. The summed E-state index contributed by atoms with van der Waals surface area (Å²) in [7, 11) is 0. The fraction of sp³-hybridized carbons (Fsp3) is 0.417. The fourth-order valence-corrected chi connectivity index (χ4v) is 2.33. The van der Waals surface area contributed by atoms with E-state index < -0.39 is 0 Å². The number of carbonyl (C=O) groups excluding carboxylic acids is 1. The quantitative estimate of drug-likeness (QED) is 0.848. The molecule has 3 nitrogen and oxygen atoms in total. The molecule has 1 rings (SSSR count). The van der Waals surface area contributed by atoms with Crippen molar-refractivity contribution >= 4 is 39.3 Å². The molecule has 1 aromatic carbocycles. The monoisotopic (exact) mass is 316 g/mol. The summed E-state index contributed by atoms with van der Waals surface area (Å²) in [5.41, 5.74) is 6.59. The largest absolute Gasteiger partial charge is 0.327 e. The van der Waals surface area contributed by atoms with Gasteiger partial charge in [0.15, 0.2) is 0 Å². The average Bonchev–Trinajstić information content (AvgIpc) is 2.32. The first-order valence-corrected chi connectivity index (χ1v) is 7.45. The van der Waals surface area contributed by atoms with Gasteiger partial charge in [0.05, 0.1) is 5.75 Å². The van der Waals surface area contributed by atoms with E-state index in [1.165, 1.54) is 0 Å². The third-order valence-electron chi connectivity index (χ3n) is 2.22. The molecule has 1 amide bonds. The highest BCUT2D eigenvalue weighted by Crippen LogP contribution is 2.14. The van der Waals surface area contributed by atoms with Gasteiger partial charge in [-0.05, 0) is 30.7 Å². The first kappa shape index (κ1) is 14.5. The number of rotatable bonds is 6. The SMILES string of the molecule is CCC(N)CSCC(=O)Nc1ccc(Br)cc1. The molecule has 0 bridgehead atoms. The number of amides is 1. The van der Waals surface area contributed by atoms with E-state index >= 15 is 0 Å². The van der Waals surface area contributed by atoms with E-state index in [2.05, 4.69) is 21.2 Å². The molecule has 1 aromatic rings. The highest BCUT2D eigenvalue weighted by molar-refractivity contribution is 9.10. The predicted molar refractivity (Wildman–Crippen MR) is 78.4 cm³/mol.